The van der Waals surface area contributed by atoms with Gasteiger partial charge in [0.25, 0.3) is 0 Å². The fraction of sp³-hybridized carbons (Fsp3) is 0.533. The number of carbonyl (C=O) groups excluding carboxylic acids is 1. The molecule has 0 atom stereocenters. The molecule has 0 aliphatic carbocycles. The Labute approximate surface area is 117 Å². The van der Waals surface area contributed by atoms with Crippen LogP contribution in [0.15, 0.2) is 18.2 Å². The zero-order valence-corrected chi connectivity index (χ0v) is 11.3. The average Bonchev–Trinajstić information content (AvgIpc) is 2.45. The van der Waals surface area contributed by atoms with E-state index in [-0.39, 0.29) is 30.3 Å². The van der Waals surface area contributed by atoms with E-state index in [9.17, 15) is 13.6 Å². The number of hydrogen-bond donors (Lipinski definition) is 1. The molecule has 0 aromatic heterocycles. The highest BCUT2D eigenvalue weighted by Gasteiger charge is 2.15. The number of piperidine rings is 1. The highest BCUT2D eigenvalue weighted by atomic mass is 19.2. The maximum Gasteiger partial charge on any atom is 0.162 e. The second kappa shape index (κ2) is 7.45. The van der Waals surface area contributed by atoms with Crippen molar-refractivity contribution in [3.63, 3.8) is 0 Å². The van der Waals surface area contributed by atoms with Gasteiger partial charge in [0.05, 0.1) is 12.7 Å². The fourth-order valence-electron chi connectivity index (χ4n) is 2.29. The molecule has 0 radical (unpaired) electrons. The Bertz CT molecular complexity index is 459. The Morgan fingerprint density at radius 3 is 2.80 bits per heavy atom. The lowest BCUT2D eigenvalue weighted by atomic mass is 10.1. The summed E-state index contributed by atoms with van der Waals surface area (Å²) >= 11 is 0. The van der Waals surface area contributed by atoms with Crippen LogP contribution in [0.4, 0.5) is 8.78 Å². The normalized spacial score (nSPS) is 16.3. The Balaban J connectivity index is 1.73. The third-order valence-corrected chi connectivity index (χ3v) is 3.44. The van der Waals surface area contributed by atoms with Crippen molar-refractivity contribution in [1.82, 2.24) is 5.32 Å². The van der Waals surface area contributed by atoms with Gasteiger partial charge in [0.15, 0.2) is 11.6 Å². The summed E-state index contributed by atoms with van der Waals surface area (Å²) in [4.78, 5) is 11.7. The van der Waals surface area contributed by atoms with Crippen LogP contribution < -0.4 is 5.32 Å². The first-order valence-electron chi connectivity index (χ1n) is 6.93. The predicted octanol–water partition coefficient (Wildman–Crippen LogP) is 2.24. The number of ether oxygens (including phenoxy) is 1. The lowest BCUT2D eigenvalue weighted by molar-refractivity contribution is -0.120. The lowest BCUT2D eigenvalue weighted by Gasteiger charge is -2.22. The van der Waals surface area contributed by atoms with Crippen LogP contribution in [-0.4, -0.2) is 31.6 Å². The summed E-state index contributed by atoms with van der Waals surface area (Å²) in [5, 5.41) is 3.23. The number of halogens is 2. The largest absolute Gasteiger partial charge is 0.378 e. The summed E-state index contributed by atoms with van der Waals surface area (Å²) in [5.41, 5.74) is 0.108. The number of Topliss-reactive ketones (excluding diaryl/α,β-unsaturated/α-hetero) is 1. The van der Waals surface area contributed by atoms with Crippen LogP contribution in [0, 0.1) is 11.6 Å². The summed E-state index contributed by atoms with van der Waals surface area (Å²) in [6.07, 6.45) is 2.26. The number of rotatable bonds is 6. The summed E-state index contributed by atoms with van der Waals surface area (Å²) in [6, 6.07) is 3.89. The van der Waals surface area contributed by atoms with E-state index in [4.69, 9.17) is 4.74 Å². The Morgan fingerprint density at radius 1 is 1.30 bits per heavy atom. The van der Waals surface area contributed by atoms with Gasteiger partial charge in [-0.2, -0.15) is 0 Å². The molecule has 0 spiro atoms. The SMILES string of the molecule is O=C(CCOC1CCNCC1)Cc1cccc(F)c1F. The van der Waals surface area contributed by atoms with E-state index >= 15 is 0 Å². The first-order valence-corrected chi connectivity index (χ1v) is 6.93. The van der Waals surface area contributed by atoms with Gasteiger partial charge in [0, 0.05) is 12.8 Å². The van der Waals surface area contributed by atoms with Gasteiger partial charge in [-0.1, -0.05) is 12.1 Å². The molecular formula is C15H19F2NO2. The minimum atomic E-state index is -0.930. The molecule has 0 unspecified atom stereocenters. The maximum atomic E-state index is 13.4. The van der Waals surface area contributed by atoms with E-state index in [1.807, 2.05) is 0 Å². The number of ketones is 1. The minimum Gasteiger partial charge on any atom is -0.378 e. The molecule has 1 aliphatic rings. The van der Waals surface area contributed by atoms with Gasteiger partial charge in [0.1, 0.15) is 5.78 Å². The molecule has 20 heavy (non-hydrogen) atoms. The molecule has 1 N–H and O–H groups in total. The van der Waals surface area contributed by atoms with Gasteiger partial charge in [-0.05, 0) is 37.6 Å². The Morgan fingerprint density at radius 2 is 2.05 bits per heavy atom. The molecule has 110 valence electrons. The number of hydrogen-bond acceptors (Lipinski definition) is 3. The van der Waals surface area contributed by atoms with Crippen molar-refractivity contribution in [2.24, 2.45) is 0 Å². The molecule has 1 fully saturated rings. The molecule has 5 heteroatoms. The highest BCUT2D eigenvalue weighted by molar-refractivity contribution is 5.80. The zero-order valence-electron chi connectivity index (χ0n) is 11.3. The van der Waals surface area contributed by atoms with Crippen molar-refractivity contribution in [1.29, 1.82) is 0 Å². The van der Waals surface area contributed by atoms with Gasteiger partial charge < -0.3 is 10.1 Å². The lowest BCUT2D eigenvalue weighted by Crippen LogP contribution is -2.32. The van der Waals surface area contributed by atoms with Crippen molar-refractivity contribution in [3.8, 4) is 0 Å². The van der Waals surface area contributed by atoms with Crippen molar-refractivity contribution < 1.29 is 18.3 Å². The first-order chi connectivity index (χ1) is 9.66. The quantitative estimate of drug-likeness (QED) is 0.870. The second-order valence-electron chi connectivity index (χ2n) is 5.00. The molecular weight excluding hydrogens is 264 g/mol. The summed E-state index contributed by atoms with van der Waals surface area (Å²) < 4.78 is 32.0. The van der Waals surface area contributed by atoms with E-state index < -0.39 is 11.6 Å². The van der Waals surface area contributed by atoms with Gasteiger partial charge in [0.2, 0.25) is 0 Å². The molecule has 1 aromatic carbocycles. The Kier molecular flexibility index (Phi) is 5.61. The molecule has 2 rings (SSSR count). The first kappa shape index (κ1) is 15.1. The van der Waals surface area contributed by atoms with Gasteiger partial charge in [-0.25, -0.2) is 8.78 Å². The van der Waals surface area contributed by atoms with Crippen LogP contribution in [0.3, 0.4) is 0 Å². The van der Waals surface area contributed by atoms with Crippen molar-refractivity contribution in [3.05, 3.63) is 35.4 Å². The van der Waals surface area contributed by atoms with Gasteiger partial charge in [-0.15, -0.1) is 0 Å². The van der Waals surface area contributed by atoms with Gasteiger partial charge >= 0.3 is 0 Å². The molecule has 0 amide bonds. The predicted molar refractivity (Wildman–Crippen MR) is 71.5 cm³/mol. The van der Waals surface area contributed by atoms with Crippen molar-refractivity contribution in [2.45, 2.75) is 31.8 Å². The highest BCUT2D eigenvalue weighted by Crippen LogP contribution is 2.13. The van der Waals surface area contributed by atoms with E-state index in [0.717, 1.165) is 32.0 Å². The third-order valence-electron chi connectivity index (χ3n) is 3.44. The van der Waals surface area contributed by atoms with E-state index in [1.54, 1.807) is 0 Å². The van der Waals surface area contributed by atoms with E-state index in [0.29, 0.717) is 6.61 Å². The Hall–Kier alpha value is -1.33. The topological polar surface area (TPSA) is 38.3 Å². The number of carbonyl (C=O) groups is 1. The summed E-state index contributed by atoms with van der Waals surface area (Å²) in [5.74, 6) is -1.98. The van der Waals surface area contributed by atoms with Crippen LogP contribution in [0.25, 0.3) is 0 Å². The van der Waals surface area contributed by atoms with Crippen LogP contribution >= 0.6 is 0 Å². The molecule has 1 saturated heterocycles. The molecule has 1 aromatic rings. The fourth-order valence-corrected chi connectivity index (χ4v) is 2.29. The summed E-state index contributed by atoms with van der Waals surface area (Å²) in [7, 11) is 0. The zero-order chi connectivity index (χ0) is 14.4. The van der Waals surface area contributed by atoms with E-state index in [1.165, 1.54) is 12.1 Å². The van der Waals surface area contributed by atoms with E-state index in [2.05, 4.69) is 5.32 Å². The molecule has 1 aliphatic heterocycles. The van der Waals surface area contributed by atoms with Crippen LogP contribution in [-0.2, 0) is 16.0 Å². The van der Waals surface area contributed by atoms with Crippen LogP contribution in [0.2, 0.25) is 0 Å². The second-order valence-corrected chi connectivity index (χ2v) is 5.00. The summed E-state index contributed by atoms with van der Waals surface area (Å²) in [6.45, 7) is 2.22. The molecule has 0 saturated carbocycles. The standard InChI is InChI=1S/C15H19F2NO2/c16-14-3-1-2-11(15(14)17)10-12(19)6-9-20-13-4-7-18-8-5-13/h1-3,13,18H,4-10H2. The molecule has 0 bridgehead atoms. The minimum absolute atomic E-state index is 0.0842. The van der Waals surface area contributed by atoms with Gasteiger partial charge in [-0.3, -0.25) is 4.79 Å². The van der Waals surface area contributed by atoms with Crippen LogP contribution in [0.1, 0.15) is 24.8 Å². The van der Waals surface area contributed by atoms with Crippen molar-refractivity contribution >= 4 is 5.78 Å². The number of benzene rings is 1. The average molecular weight is 283 g/mol. The van der Waals surface area contributed by atoms with Crippen molar-refractivity contribution in [2.75, 3.05) is 19.7 Å². The maximum absolute atomic E-state index is 13.4. The molecule has 3 nitrogen and oxygen atoms in total. The monoisotopic (exact) mass is 283 g/mol. The molecule has 1 heterocycles. The number of nitrogens with one attached hydrogen (secondary N) is 1. The third kappa shape index (κ3) is 4.35. The smallest absolute Gasteiger partial charge is 0.162 e. The van der Waals surface area contributed by atoms with Crippen LogP contribution in [0.5, 0.6) is 0 Å².